The molecule has 2 saturated heterocycles. The monoisotopic (exact) mass is 684 g/mol. The minimum Gasteiger partial charge on any atom is -0.504 e. The summed E-state index contributed by atoms with van der Waals surface area (Å²) < 4.78 is 38.7. The van der Waals surface area contributed by atoms with E-state index in [4.69, 9.17) is 33.2 Å². The summed E-state index contributed by atoms with van der Waals surface area (Å²) in [6, 6.07) is 6.46. The van der Waals surface area contributed by atoms with Gasteiger partial charge in [0, 0.05) is 12.5 Å². The van der Waals surface area contributed by atoms with Gasteiger partial charge in [-0.05, 0) is 59.2 Å². The predicted octanol–water partition coefficient (Wildman–Crippen LogP) is -1.68. The Balaban J connectivity index is 1.42. The summed E-state index contributed by atoms with van der Waals surface area (Å²) in [5.41, 5.74) is 2.04. The molecule has 2 aromatic carbocycles. The minimum absolute atomic E-state index is 0.120. The van der Waals surface area contributed by atoms with Gasteiger partial charge in [-0.1, -0.05) is 0 Å². The summed E-state index contributed by atoms with van der Waals surface area (Å²) in [6.07, 6.45) is -13.3. The second-order valence-corrected chi connectivity index (χ2v) is 12.2. The van der Waals surface area contributed by atoms with Crippen LogP contribution < -0.4 is 14.2 Å². The lowest BCUT2D eigenvalue weighted by atomic mass is 9.66. The number of aromatic hydroxyl groups is 2. The number of hydrogen-bond acceptors (Lipinski definition) is 16. The zero-order chi connectivity index (χ0) is 34.9. The van der Waals surface area contributed by atoms with Crippen LogP contribution in [0.3, 0.4) is 0 Å². The smallest absolute Gasteiger partial charge is 0.200 e. The predicted molar refractivity (Wildman–Crippen MR) is 162 cm³/mol. The van der Waals surface area contributed by atoms with Gasteiger partial charge in [0.1, 0.15) is 42.7 Å². The van der Waals surface area contributed by atoms with Gasteiger partial charge in [0.25, 0.3) is 0 Å². The molecule has 2 fully saturated rings. The first-order valence-electron chi connectivity index (χ1n) is 15.5. The highest BCUT2D eigenvalue weighted by Gasteiger charge is 2.47. The summed E-state index contributed by atoms with van der Waals surface area (Å²) >= 11 is 0. The van der Waals surface area contributed by atoms with Crippen molar-refractivity contribution in [2.75, 3.05) is 47.8 Å². The van der Waals surface area contributed by atoms with Gasteiger partial charge < -0.3 is 79.1 Å². The van der Waals surface area contributed by atoms with Crippen LogP contribution in [0.15, 0.2) is 24.3 Å². The van der Waals surface area contributed by atoms with E-state index in [9.17, 15) is 46.0 Å². The van der Waals surface area contributed by atoms with Crippen molar-refractivity contribution in [3.05, 3.63) is 41.0 Å². The van der Waals surface area contributed by atoms with Gasteiger partial charge in [-0.2, -0.15) is 0 Å². The normalized spacial score (nSPS) is 35.1. The highest BCUT2D eigenvalue weighted by atomic mass is 16.7. The maximum Gasteiger partial charge on any atom is 0.200 e. The van der Waals surface area contributed by atoms with Crippen LogP contribution in [0.2, 0.25) is 0 Å². The Morgan fingerprint density at radius 1 is 0.729 bits per heavy atom. The zero-order valence-corrected chi connectivity index (χ0v) is 26.7. The molecule has 16 nitrogen and oxygen atoms in total. The Labute approximate surface area is 276 Å². The lowest BCUT2D eigenvalue weighted by Gasteiger charge is -2.43. The number of hydrogen-bond donors (Lipinski definition) is 9. The van der Waals surface area contributed by atoms with Crippen molar-refractivity contribution in [1.82, 2.24) is 0 Å². The third-order valence-electron chi connectivity index (χ3n) is 9.39. The fourth-order valence-electron chi connectivity index (χ4n) is 6.66. The Morgan fingerprint density at radius 2 is 1.35 bits per heavy atom. The van der Waals surface area contributed by atoms with Crippen molar-refractivity contribution in [2.45, 2.75) is 67.6 Å². The zero-order valence-electron chi connectivity index (χ0n) is 26.7. The SMILES string of the molecule is COc1cc2c(cc1O)[C@H](c1cc(OC)c(O)c(OC)c1)[C@@H](CO[C@@H]1O[C@H](CO[C@@H]3OC[C@@H](O)[C@H](O)[C@H]3O)[C@@H](O)[C@H](O)[C@H]1O)[C@H](CO)C2. The van der Waals surface area contributed by atoms with Crippen LogP contribution in [0.5, 0.6) is 28.7 Å². The molecule has 2 aliphatic heterocycles. The molecule has 48 heavy (non-hydrogen) atoms. The van der Waals surface area contributed by atoms with Crippen molar-refractivity contribution in [1.29, 1.82) is 0 Å². The first-order chi connectivity index (χ1) is 22.9. The van der Waals surface area contributed by atoms with E-state index in [0.717, 1.165) is 5.56 Å². The molecule has 0 unspecified atom stereocenters. The summed E-state index contributed by atoms with van der Waals surface area (Å²) in [7, 11) is 4.19. The van der Waals surface area contributed by atoms with E-state index >= 15 is 0 Å². The highest BCUT2D eigenvalue weighted by Crippen LogP contribution is 2.50. The molecule has 268 valence electrons. The topological polar surface area (TPSA) is 247 Å². The van der Waals surface area contributed by atoms with Crippen molar-refractivity contribution in [2.24, 2.45) is 11.8 Å². The number of methoxy groups -OCH3 is 3. The second-order valence-electron chi connectivity index (χ2n) is 12.2. The third-order valence-corrected chi connectivity index (χ3v) is 9.39. The number of rotatable bonds is 11. The van der Waals surface area contributed by atoms with Crippen LogP contribution in [0.4, 0.5) is 0 Å². The van der Waals surface area contributed by atoms with Crippen LogP contribution in [0.1, 0.15) is 22.6 Å². The first-order valence-corrected chi connectivity index (χ1v) is 15.5. The van der Waals surface area contributed by atoms with Crippen molar-refractivity contribution < 1.29 is 79.1 Å². The Morgan fingerprint density at radius 3 is 1.98 bits per heavy atom. The number of aliphatic hydroxyl groups is 7. The van der Waals surface area contributed by atoms with Gasteiger partial charge in [0.15, 0.2) is 35.6 Å². The Bertz CT molecular complexity index is 1370. The van der Waals surface area contributed by atoms with E-state index in [1.54, 1.807) is 24.3 Å². The Hall–Kier alpha value is -3.00. The summed E-state index contributed by atoms with van der Waals surface area (Å²) in [5.74, 6) is -1.46. The molecular formula is C32H44O16. The molecule has 0 aromatic heterocycles. The Kier molecular flexibility index (Phi) is 11.5. The average molecular weight is 685 g/mol. The fraction of sp³-hybridized carbons (Fsp3) is 0.625. The summed E-state index contributed by atoms with van der Waals surface area (Å²) in [4.78, 5) is 0. The second kappa shape index (κ2) is 15.3. The third kappa shape index (κ3) is 7.01. The lowest BCUT2D eigenvalue weighted by molar-refractivity contribution is -0.322. The molecule has 0 saturated carbocycles. The maximum atomic E-state index is 10.8. The fourth-order valence-corrected chi connectivity index (χ4v) is 6.66. The number of fused-ring (bicyclic) bond motifs is 1. The van der Waals surface area contributed by atoms with E-state index in [1.165, 1.54) is 21.3 Å². The molecule has 3 aliphatic rings. The number of phenols is 2. The summed E-state index contributed by atoms with van der Waals surface area (Å²) in [6.45, 7) is -1.22. The van der Waals surface area contributed by atoms with Crippen LogP contribution >= 0.6 is 0 Å². The van der Waals surface area contributed by atoms with E-state index in [2.05, 4.69) is 0 Å². The van der Waals surface area contributed by atoms with Crippen LogP contribution in [0.25, 0.3) is 0 Å². The molecular weight excluding hydrogens is 640 g/mol. The summed E-state index contributed by atoms with van der Waals surface area (Å²) in [5, 5.41) is 93.9. The molecule has 0 radical (unpaired) electrons. The van der Waals surface area contributed by atoms with Gasteiger partial charge in [0.2, 0.25) is 5.75 Å². The van der Waals surface area contributed by atoms with Crippen molar-refractivity contribution >= 4 is 0 Å². The molecule has 9 N–H and O–H groups in total. The van der Waals surface area contributed by atoms with Crippen LogP contribution in [0, 0.1) is 11.8 Å². The molecule has 0 amide bonds. The van der Waals surface area contributed by atoms with Crippen LogP contribution in [-0.4, -0.2) is 149 Å². The van der Waals surface area contributed by atoms with Gasteiger partial charge in [-0.3, -0.25) is 0 Å². The molecule has 0 spiro atoms. The standard InChI is InChI=1S/C32H44O16/c1-42-20-5-13-4-15(9-33)17(24(16(13)8-18(20)34)14-6-21(43-2)26(37)22(7-14)44-3)10-45-32-30(41)28(39)27(38)23(48-32)12-47-31-29(40)25(36)19(35)11-46-31/h5-8,15,17,19,23-25,27-41H,4,9-12H2,1-3H3/t15-,17-,19+,23+,24-,25-,27+,28-,29+,30+,31-,32+/m0/s1. The first kappa shape index (κ1) is 36.3. The number of aliphatic hydroxyl groups excluding tert-OH is 7. The molecule has 5 rings (SSSR count). The minimum atomic E-state index is -1.73. The number of ether oxygens (including phenoxy) is 7. The lowest BCUT2D eigenvalue weighted by Crippen LogP contribution is -2.60. The molecule has 2 heterocycles. The average Bonchev–Trinajstić information content (AvgIpc) is 3.09. The largest absolute Gasteiger partial charge is 0.504 e. The van der Waals surface area contributed by atoms with E-state index in [1.807, 2.05) is 0 Å². The molecule has 12 atom stereocenters. The molecule has 2 aromatic rings. The van der Waals surface area contributed by atoms with Crippen molar-refractivity contribution in [3.63, 3.8) is 0 Å². The van der Waals surface area contributed by atoms with Crippen molar-refractivity contribution in [3.8, 4) is 28.7 Å². The molecule has 16 heteroatoms. The maximum absolute atomic E-state index is 10.8. The van der Waals surface area contributed by atoms with Gasteiger partial charge in [-0.15, -0.1) is 0 Å². The van der Waals surface area contributed by atoms with Gasteiger partial charge >= 0.3 is 0 Å². The number of benzene rings is 2. The number of phenolic OH excluding ortho intramolecular Hbond substituents is 2. The van der Waals surface area contributed by atoms with E-state index < -0.39 is 79.7 Å². The van der Waals surface area contributed by atoms with Gasteiger partial charge in [-0.25, -0.2) is 0 Å². The van der Waals surface area contributed by atoms with Gasteiger partial charge in [0.05, 0.1) is 41.2 Å². The molecule has 0 bridgehead atoms. The van der Waals surface area contributed by atoms with Crippen LogP contribution in [-0.2, 0) is 25.4 Å². The van der Waals surface area contributed by atoms with E-state index in [-0.39, 0.29) is 48.6 Å². The quantitative estimate of drug-likeness (QED) is 0.128. The van der Waals surface area contributed by atoms with E-state index in [0.29, 0.717) is 17.5 Å². The highest BCUT2D eigenvalue weighted by molar-refractivity contribution is 5.57. The molecule has 1 aliphatic carbocycles.